The Morgan fingerprint density at radius 1 is 0.743 bits per heavy atom. The predicted molar refractivity (Wildman–Crippen MR) is 142 cm³/mol. The zero-order valence-electron chi connectivity index (χ0n) is 21.2. The molecular formula is C29H35NO4S. The summed E-state index contributed by atoms with van der Waals surface area (Å²) in [5, 5.41) is 9.29. The quantitative estimate of drug-likeness (QED) is 0.309. The summed E-state index contributed by atoms with van der Waals surface area (Å²) in [5.74, 6) is -0.880. The number of nitrogens with one attached hydrogen (secondary N) is 1. The van der Waals surface area contributed by atoms with E-state index in [1.165, 1.54) is 0 Å². The summed E-state index contributed by atoms with van der Waals surface area (Å²) in [6.45, 7) is 9.70. The van der Waals surface area contributed by atoms with Gasteiger partial charge in [-0.05, 0) is 117 Å². The molecule has 3 rings (SSSR count). The van der Waals surface area contributed by atoms with Gasteiger partial charge in [-0.25, -0.2) is 13.2 Å². The molecule has 3 aromatic carbocycles. The van der Waals surface area contributed by atoms with Crippen molar-refractivity contribution in [2.45, 2.75) is 71.6 Å². The van der Waals surface area contributed by atoms with Gasteiger partial charge in [0.25, 0.3) is 10.0 Å². The van der Waals surface area contributed by atoms with Crippen LogP contribution in [0, 0.1) is 34.6 Å². The largest absolute Gasteiger partial charge is 0.478 e. The molecule has 186 valence electrons. The molecule has 6 heteroatoms. The molecule has 0 aliphatic rings. The zero-order valence-corrected chi connectivity index (χ0v) is 22.1. The van der Waals surface area contributed by atoms with Crippen LogP contribution in [0.3, 0.4) is 0 Å². The summed E-state index contributed by atoms with van der Waals surface area (Å²) in [7, 11) is -3.70. The van der Waals surface area contributed by atoms with Crippen LogP contribution < -0.4 is 4.72 Å². The number of aryl methyl sites for hydroxylation is 2. The van der Waals surface area contributed by atoms with Crippen molar-refractivity contribution < 1.29 is 18.3 Å². The highest BCUT2D eigenvalue weighted by atomic mass is 32.2. The van der Waals surface area contributed by atoms with E-state index in [0.717, 1.165) is 71.0 Å². The van der Waals surface area contributed by atoms with Gasteiger partial charge in [0.1, 0.15) is 0 Å². The van der Waals surface area contributed by atoms with E-state index in [2.05, 4.69) is 4.72 Å². The fourth-order valence-corrected chi connectivity index (χ4v) is 6.24. The van der Waals surface area contributed by atoms with Gasteiger partial charge in [0.2, 0.25) is 0 Å². The van der Waals surface area contributed by atoms with Gasteiger partial charge in [-0.15, -0.1) is 0 Å². The Morgan fingerprint density at radius 3 is 1.89 bits per heavy atom. The minimum Gasteiger partial charge on any atom is -0.478 e. The van der Waals surface area contributed by atoms with Gasteiger partial charge < -0.3 is 5.11 Å². The standard InChI is InChI=1S/C29H35NO4S/c1-19-20(2)22(4)28(23(5)21(19)3)35(33,34)30-26-17-15-24(16-18-26)11-7-6-8-12-25-13-9-10-14-27(25)29(31)32/h9-10,13-18,30H,6-8,11-12H2,1-5H3,(H,31,32). The van der Waals surface area contributed by atoms with Crippen LogP contribution in [0.25, 0.3) is 0 Å². The highest BCUT2D eigenvalue weighted by Crippen LogP contribution is 2.31. The lowest BCUT2D eigenvalue weighted by atomic mass is 9.95. The number of hydrogen-bond acceptors (Lipinski definition) is 3. The lowest BCUT2D eigenvalue weighted by molar-refractivity contribution is 0.0695. The van der Waals surface area contributed by atoms with Crippen LogP contribution in [0.15, 0.2) is 53.4 Å². The van der Waals surface area contributed by atoms with Crippen molar-refractivity contribution in [3.05, 3.63) is 93.0 Å². The number of rotatable bonds is 10. The van der Waals surface area contributed by atoms with Crippen molar-refractivity contribution in [3.63, 3.8) is 0 Å². The topological polar surface area (TPSA) is 83.5 Å². The first kappa shape index (κ1) is 26.5. The molecule has 0 aliphatic carbocycles. The summed E-state index contributed by atoms with van der Waals surface area (Å²) in [4.78, 5) is 11.7. The van der Waals surface area contributed by atoms with E-state index in [4.69, 9.17) is 0 Å². The van der Waals surface area contributed by atoms with Gasteiger partial charge in [-0.3, -0.25) is 4.72 Å². The van der Waals surface area contributed by atoms with E-state index in [9.17, 15) is 18.3 Å². The minimum absolute atomic E-state index is 0.367. The van der Waals surface area contributed by atoms with Crippen molar-refractivity contribution in [2.24, 2.45) is 0 Å². The number of benzene rings is 3. The van der Waals surface area contributed by atoms with Crippen molar-refractivity contribution in [3.8, 4) is 0 Å². The number of aromatic carboxylic acids is 1. The van der Waals surface area contributed by atoms with Gasteiger partial charge in [0, 0.05) is 5.69 Å². The lowest BCUT2D eigenvalue weighted by Gasteiger charge is -2.19. The predicted octanol–water partition coefficient (Wildman–Crippen LogP) is 6.68. The monoisotopic (exact) mass is 493 g/mol. The van der Waals surface area contributed by atoms with Crippen LogP contribution in [-0.2, 0) is 22.9 Å². The molecule has 35 heavy (non-hydrogen) atoms. The van der Waals surface area contributed by atoms with Gasteiger partial charge in [-0.2, -0.15) is 0 Å². The Hall–Kier alpha value is -3.12. The molecule has 0 fully saturated rings. The van der Waals surface area contributed by atoms with E-state index < -0.39 is 16.0 Å². The molecule has 0 atom stereocenters. The van der Waals surface area contributed by atoms with Gasteiger partial charge >= 0.3 is 5.97 Å². The second-order valence-corrected chi connectivity index (χ2v) is 10.9. The third kappa shape index (κ3) is 6.12. The van der Waals surface area contributed by atoms with Crippen molar-refractivity contribution in [2.75, 3.05) is 4.72 Å². The highest BCUT2D eigenvalue weighted by Gasteiger charge is 2.23. The SMILES string of the molecule is Cc1c(C)c(C)c(S(=O)(=O)Nc2ccc(CCCCCc3ccccc3C(=O)O)cc2)c(C)c1C. The molecule has 0 amide bonds. The van der Waals surface area contributed by atoms with Crippen molar-refractivity contribution in [1.82, 2.24) is 0 Å². The number of anilines is 1. The molecule has 0 saturated carbocycles. The minimum atomic E-state index is -3.70. The van der Waals surface area contributed by atoms with Crippen LogP contribution in [0.4, 0.5) is 5.69 Å². The first-order chi connectivity index (χ1) is 16.5. The molecule has 0 heterocycles. The Morgan fingerprint density at radius 2 is 1.29 bits per heavy atom. The molecule has 0 bridgehead atoms. The number of sulfonamides is 1. The van der Waals surface area contributed by atoms with E-state index >= 15 is 0 Å². The maximum Gasteiger partial charge on any atom is 0.335 e. The summed E-state index contributed by atoms with van der Waals surface area (Å²) in [6, 6.07) is 14.7. The average molecular weight is 494 g/mol. The summed E-state index contributed by atoms with van der Waals surface area (Å²) in [6.07, 6.45) is 4.55. The fraction of sp³-hybridized carbons (Fsp3) is 0.345. The van der Waals surface area contributed by atoms with Crippen molar-refractivity contribution in [1.29, 1.82) is 0 Å². The van der Waals surface area contributed by atoms with Crippen LogP contribution in [0.1, 0.15) is 68.6 Å². The van der Waals surface area contributed by atoms with Crippen molar-refractivity contribution >= 4 is 21.7 Å². The maximum atomic E-state index is 13.2. The van der Waals surface area contributed by atoms with E-state index in [1.54, 1.807) is 12.1 Å². The Kier molecular flexibility index (Phi) is 8.39. The van der Waals surface area contributed by atoms with E-state index in [1.807, 2.05) is 71.0 Å². The van der Waals surface area contributed by atoms with Crippen LogP contribution in [0.2, 0.25) is 0 Å². The smallest absolute Gasteiger partial charge is 0.335 e. The fourth-order valence-electron chi connectivity index (χ4n) is 4.58. The second kappa shape index (κ2) is 11.1. The third-order valence-electron chi connectivity index (χ3n) is 7.07. The number of carboxylic acids is 1. The Labute approximate surface area is 209 Å². The molecule has 2 N–H and O–H groups in total. The first-order valence-corrected chi connectivity index (χ1v) is 13.5. The summed E-state index contributed by atoms with van der Waals surface area (Å²) < 4.78 is 29.2. The molecule has 0 spiro atoms. The molecule has 0 saturated heterocycles. The molecule has 0 aromatic heterocycles. The molecule has 0 unspecified atom stereocenters. The first-order valence-electron chi connectivity index (χ1n) is 12.0. The molecular weight excluding hydrogens is 458 g/mol. The Bertz CT molecular complexity index is 1300. The lowest BCUT2D eigenvalue weighted by Crippen LogP contribution is -2.17. The molecule has 0 radical (unpaired) electrons. The molecule has 0 aliphatic heterocycles. The van der Waals surface area contributed by atoms with Crippen LogP contribution in [0.5, 0.6) is 0 Å². The van der Waals surface area contributed by atoms with Gasteiger partial charge in [0.05, 0.1) is 10.5 Å². The number of carbonyl (C=O) groups is 1. The van der Waals surface area contributed by atoms with Gasteiger partial charge in [-0.1, -0.05) is 36.8 Å². The van der Waals surface area contributed by atoms with E-state index in [0.29, 0.717) is 16.1 Å². The average Bonchev–Trinajstić information content (AvgIpc) is 2.82. The zero-order chi connectivity index (χ0) is 25.8. The number of hydrogen-bond donors (Lipinski definition) is 2. The summed E-state index contributed by atoms with van der Waals surface area (Å²) >= 11 is 0. The number of carboxylic acid groups (broad SMARTS) is 1. The summed E-state index contributed by atoms with van der Waals surface area (Å²) in [5.41, 5.74) is 7.69. The van der Waals surface area contributed by atoms with Crippen LogP contribution in [-0.4, -0.2) is 19.5 Å². The molecule has 3 aromatic rings. The normalized spacial score (nSPS) is 11.5. The maximum absolute atomic E-state index is 13.2. The number of unbranched alkanes of at least 4 members (excludes halogenated alkanes) is 2. The second-order valence-electron chi connectivity index (χ2n) is 9.28. The van der Waals surface area contributed by atoms with E-state index in [-0.39, 0.29) is 0 Å². The third-order valence-corrected chi connectivity index (χ3v) is 8.72. The molecule has 5 nitrogen and oxygen atoms in total. The Balaban J connectivity index is 1.58. The van der Waals surface area contributed by atoms with Crippen LogP contribution >= 0.6 is 0 Å². The highest BCUT2D eigenvalue weighted by molar-refractivity contribution is 7.92. The van der Waals surface area contributed by atoms with Gasteiger partial charge in [0.15, 0.2) is 0 Å².